The highest BCUT2D eigenvalue weighted by Crippen LogP contribution is 2.34. The highest BCUT2D eigenvalue weighted by atomic mass is 35.5. The minimum Gasteiger partial charge on any atom is -0.507 e. The maximum absolute atomic E-state index is 12.4. The van der Waals surface area contributed by atoms with E-state index < -0.39 is 0 Å². The Labute approximate surface area is 129 Å². The summed E-state index contributed by atoms with van der Waals surface area (Å²) in [4.78, 5) is 12.4. The molecule has 0 spiro atoms. The average Bonchev–Trinajstić information content (AvgIpc) is 2.41. The summed E-state index contributed by atoms with van der Waals surface area (Å²) in [6.45, 7) is 2.17. The predicted molar refractivity (Wildman–Crippen MR) is 81.7 cm³/mol. The number of halogens is 2. The summed E-state index contributed by atoms with van der Waals surface area (Å²) in [5, 5.41) is 13.2. The molecule has 1 saturated carbocycles. The second-order valence-electron chi connectivity index (χ2n) is 5.73. The molecular weight excluding hydrogens is 297 g/mol. The first-order valence-electron chi connectivity index (χ1n) is 6.83. The molecule has 1 aromatic rings. The number of phenolic OH excluding ortho intramolecular Hbond substituents is 1. The van der Waals surface area contributed by atoms with Gasteiger partial charge in [-0.25, -0.2) is 0 Å². The second-order valence-corrected chi connectivity index (χ2v) is 6.43. The summed E-state index contributed by atoms with van der Waals surface area (Å²) in [6.07, 6.45) is 3.95. The highest BCUT2D eigenvalue weighted by molar-refractivity contribution is 6.31. The van der Waals surface area contributed by atoms with Crippen molar-refractivity contribution in [3.05, 3.63) is 28.8 Å². The van der Waals surface area contributed by atoms with Crippen molar-refractivity contribution in [1.82, 2.24) is 5.32 Å². The third kappa shape index (κ3) is 3.39. The van der Waals surface area contributed by atoms with E-state index in [1.807, 2.05) is 0 Å². The Kier molecular flexibility index (Phi) is 4.82. The molecule has 0 aliphatic heterocycles. The lowest BCUT2D eigenvalue weighted by atomic mass is 9.77. The molecule has 2 unspecified atom stereocenters. The van der Waals surface area contributed by atoms with E-state index in [1.165, 1.54) is 12.1 Å². The Morgan fingerprint density at radius 1 is 1.55 bits per heavy atom. The van der Waals surface area contributed by atoms with Crippen LogP contribution in [0.3, 0.4) is 0 Å². The van der Waals surface area contributed by atoms with Crippen molar-refractivity contribution in [2.75, 3.05) is 5.88 Å². The SMILES string of the molecule is CC1CCCC(CCl)(NC(=O)c2cc(Cl)ccc2O)C1. The van der Waals surface area contributed by atoms with E-state index >= 15 is 0 Å². The van der Waals surface area contributed by atoms with E-state index in [0.29, 0.717) is 16.8 Å². The largest absolute Gasteiger partial charge is 0.507 e. The molecule has 0 heterocycles. The van der Waals surface area contributed by atoms with Gasteiger partial charge in [-0.1, -0.05) is 31.4 Å². The van der Waals surface area contributed by atoms with Crippen LogP contribution >= 0.6 is 23.2 Å². The quantitative estimate of drug-likeness (QED) is 0.829. The first-order chi connectivity index (χ1) is 9.46. The van der Waals surface area contributed by atoms with Gasteiger partial charge in [0.25, 0.3) is 5.91 Å². The maximum atomic E-state index is 12.4. The molecule has 2 rings (SSSR count). The fraction of sp³-hybridized carbons (Fsp3) is 0.533. The Balaban J connectivity index is 2.19. The summed E-state index contributed by atoms with van der Waals surface area (Å²) < 4.78 is 0. The van der Waals surface area contributed by atoms with Crippen LogP contribution in [0.4, 0.5) is 0 Å². The number of aromatic hydroxyl groups is 1. The molecule has 5 heteroatoms. The molecule has 0 radical (unpaired) electrons. The topological polar surface area (TPSA) is 49.3 Å². The molecule has 2 N–H and O–H groups in total. The molecule has 0 aromatic heterocycles. The van der Waals surface area contributed by atoms with E-state index in [9.17, 15) is 9.90 Å². The van der Waals surface area contributed by atoms with Crippen molar-refractivity contribution in [3.63, 3.8) is 0 Å². The van der Waals surface area contributed by atoms with Gasteiger partial charge < -0.3 is 10.4 Å². The van der Waals surface area contributed by atoms with Crippen LogP contribution < -0.4 is 5.32 Å². The van der Waals surface area contributed by atoms with Gasteiger partial charge in [0.1, 0.15) is 5.75 Å². The summed E-state index contributed by atoms with van der Waals surface area (Å²) >= 11 is 12.0. The Morgan fingerprint density at radius 3 is 2.95 bits per heavy atom. The number of benzene rings is 1. The lowest BCUT2D eigenvalue weighted by Crippen LogP contribution is -2.52. The Morgan fingerprint density at radius 2 is 2.30 bits per heavy atom. The summed E-state index contributed by atoms with van der Waals surface area (Å²) in [6, 6.07) is 4.45. The predicted octanol–water partition coefficient (Wildman–Crippen LogP) is 3.96. The van der Waals surface area contributed by atoms with Gasteiger partial charge in [0.05, 0.1) is 11.1 Å². The fourth-order valence-corrected chi connectivity index (χ4v) is 3.41. The summed E-state index contributed by atoms with van der Waals surface area (Å²) in [5.74, 6) is 0.528. The molecule has 110 valence electrons. The van der Waals surface area contributed by atoms with Crippen LogP contribution in [0.2, 0.25) is 5.02 Å². The number of phenols is 1. The molecule has 2 atom stereocenters. The van der Waals surface area contributed by atoms with Gasteiger partial charge in [0, 0.05) is 10.9 Å². The molecule has 0 saturated heterocycles. The van der Waals surface area contributed by atoms with Crippen LogP contribution in [0, 0.1) is 5.92 Å². The number of amides is 1. The Hall–Kier alpha value is -0.930. The van der Waals surface area contributed by atoms with Gasteiger partial charge >= 0.3 is 0 Å². The molecule has 20 heavy (non-hydrogen) atoms. The molecule has 1 aliphatic carbocycles. The molecule has 0 bridgehead atoms. The van der Waals surface area contributed by atoms with Gasteiger partial charge in [0.15, 0.2) is 0 Å². The van der Waals surface area contributed by atoms with Gasteiger partial charge in [-0.3, -0.25) is 4.79 Å². The second kappa shape index (κ2) is 6.23. The van der Waals surface area contributed by atoms with E-state index in [1.54, 1.807) is 6.07 Å². The smallest absolute Gasteiger partial charge is 0.255 e. The maximum Gasteiger partial charge on any atom is 0.255 e. The number of hydrogen-bond acceptors (Lipinski definition) is 2. The van der Waals surface area contributed by atoms with Gasteiger partial charge in [-0.15, -0.1) is 11.6 Å². The monoisotopic (exact) mass is 315 g/mol. The minimum absolute atomic E-state index is 0.0690. The van der Waals surface area contributed by atoms with Crippen molar-refractivity contribution in [2.24, 2.45) is 5.92 Å². The third-order valence-electron chi connectivity index (χ3n) is 3.93. The number of carbonyl (C=O) groups excluding carboxylic acids is 1. The first-order valence-corrected chi connectivity index (χ1v) is 7.74. The van der Waals surface area contributed by atoms with Crippen molar-refractivity contribution in [1.29, 1.82) is 0 Å². The highest BCUT2D eigenvalue weighted by Gasteiger charge is 2.36. The molecular formula is C15H19Cl2NO2. The number of carbonyl (C=O) groups is 1. The molecule has 1 amide bonds. The lowest BCUT2D eigenvalue weighted by Gasteiger charge is -2.39. The number of hydrogen-bond donors (Lipinski definition) is 2. The summed E-state index contributed by atoms with van der Waals surface area (Å²) in [7, 11) is 0. The van der Waals surface area contributed by atoms with Crippen molar-refractivity contribution in [2.45, 2.75) is 38.1 Å². The Bertz CT molecular complexity index is 507. The molecule has 1 aliphatic rings. The zero-order chi connectivity index (χ0) is 14.8. The van der Waals surface area contributed by atoms with Crippen molar-refractivity contribution >= 4 is 29.1 Å². The van der Waals surface area contributed by atoms with E-state index in [0.717, 1.165) is 25.7 Å². The van der Waals surface area contributed by atoms with E-state index in [-0.39, 0.29) is 22.8 Å². The van der Waals surface area contributed by atoms with Crippen LogP contribution in [-0.2, 0) is 0 Å². The molecule has 1 aromatic carbocycles. The van der Waals surface area contributed by atoms with Crippen molar-refractivity contribution < 1.29 is 9.90 Å². The molecule has 1 fully saturated rings. The summed E-state index contributed by atoms with van der Waals surface area (Å²) in [5.41, 5.74) is -0.189. The standard InChI is InChI=1S/C15H19Cl2NO2/c1-10-3-2-6-15(8-10,9-16)18-14(20)12-7-11(17)4-5-13(12)19/h4-5,7,10,19H,2-3,6,8-9H2,1H3,(H,18,20). The first kappa shape index (κ1) is 15.5. The normalized spacial score (nSPS) is 26.2. The number of alkyl halides is 1. The van der Waals surface area contributed by atoms with Gasteiger partial charge in [-0.05, 0) is 37.0 Å². The average molecular weight is 316 g/mol. The zero-order valence-corrected chi connectivity index (χ0v) is 13.0. The van der Waals surface area contributed by atoms with E-state index in [2.05, 4.69) is 12.2 Å². The molecule has 3 nitrogen and oxygen atoms in total. The fourth-order valence-electron chi connectivity index (χ4n) is 2.93. The van der Waals surface area contributed by atoms with E-state index in [4.69, 9.17) is 23.2 Å². The lowest BCUT2D eigenvalue weighted by molar-refractivity contribution is 0.0864. The van der Waals surface area contributed by atoms with Crippen LogP contribution in [-0.4, -0.2) is 22.4 Å². The van der Waals surface area contributed by atoms with Gasteiger partial charge in [0.2, 0.25) is 0 Å². The van der Waals surface area contributed by atoms with Crippen LogP contribution in [0.25, 0.3) is 0 Å². The van der Waals surface area contributed by atoms with Crippen LogP contribution in [0.1, 0.15) is 43.0 Å². The van der Waals surface area contributed by atoms with Crippen LogP contribution in [0.5, 0.6) is 5.75 Å². The zero-order valence-electron chi connectivity index (χ0n) is 11.5. The third-order valence-corrected chi connectivity index (χ3v) is 4.68. The van der Waals surface area contributed by atoms with Gasteiger partial charge in [-0.2, -0.15) is 0 Å². The number of nitrogens with one attached hydrogen (secondary N) is 1. The number of rotatable bonds is 3. The van der Waals surface area contributed by atoms with Crippen LogP contribution in [0.15, 0.2) is 18.2 Å². The minimum atomic E-state index is -0.384. The van der Waals surface area contributed by atoms with Crippen molar-refractivity contribution in [3.8, 4) is 5.75 Å².